The SMILES string of the molecule is Oc1ccc(/C=N/Nc2ncnc3scc(-c4ccc(Cl)cc4)c23)c(O)c1. The molecular weight excluding hydrogens is 384 g/mol. The largest absolute Gasteiger partial charge is 0.508 e. The van der Waals surface area contributed by atoms with Crippen molar-refractivity contribution in [2.45, 2.75) is 0 Å². The lowest BCUT2D eigenvalue weighted by molar-refractivity contribution is 0.450. The van der Waals surface area contributed by atoms with E-state index in [1.165, 1.54) is 36.0 Å². The van der Waals surface area contributed by atoms with Crippen LogP contribution in [0.5, 0.6) is 11.5 Å². The zero-order valence-corrected chi connectivity index (χ0v) is 15.4. The molecule has 0 radical (unpaired) electrons. The zero-order valence-electron chi connectivity index (χ0n) is 13.8. The third-order valence-electron chi connectivity index (χ3n) is 3.91. The number of nitrogens with zero attached hydrogens (tertiary/aromatic N) is 3. The van der Waals surface area contributed by atoms with Crippen molar-refractivity contribution in [3.63, 3.8) is 0 Å². The van der Waals surface area contributed by atoms with Gasteiger partial charge in [-0.1, -0.05) is 23.7 Å². The molecule has 4 aromatic rings. The van der Waals surface area contributed by atoms with Crippen LogP contribution in [0, 0.1) is 0 Å². The molecule has 0 fully saturated rings. The Morgan fingerprint density at radius 3 is 2.67 bits per heavy atom. The summed E-state index contributed by atoms with van der Waals surface area (Å²) in [4.78, 5) is 9.44. The topological polar surface area (TPSA) is 90.6 Å². The van der Waals surface area contributed by atoms with E-state index in [0.717, 1.165) is 21.3 Å². The first kappa shape index (κ1) is 17.3. The predicted molar refractivity (Wildman–Crippen MR) is 109 cm³/mol. The minimum absolute atomic E-state index is 0.0130. The molecule has 0 aliphatic rings. The Kier molecular flexibility index (Phi) is 4.62. The molecule has 27 heavy (non-hydrogen) atoms. The third-order valence-corrected chi connectivity index (χ3v) is 5.05. The van der Waals surface area contributed by atoms with Crippen molar-refractivity contribution in [2.75, 3.05) is 5.43 Å². The number of nitrogens with one attached hydrogen (secondary N) is 1. The average Bonchev–Trinajstić information content (AvgIpc) is 3.09. The molecule has 2 aromatic heterocycles. The van der Waals surface area contributed by atoms with E-state index in [4.69, 9.17) is 11.6 Å². The number of fused-ring (bicyclic) bond motifs is 1. The van der Waals surface area contributed by atoms with E-state index in [-0.39, 0.29) is 11.5 Å². The van der Waals surface area contributed by atoms with Crippen LogP contribution in [0.25, 0.3) is 21.3 Å². The Morgan fingerprint density at radius 2 is 1.89 bits per heavy atom. The number of phenols is 2. The molecule has 0 saturated heterocycles. The third kappa shape index (κ3) is 3.55. The molecular formula is C19H13ClN4O2S. The Morgan fingerprint density at radius 1 is 1.07 bits per heavy atom. The molecule has 0 saturated carbocycles. The van der Waals surface area contributed by atoms with Gasteiger partial charge in [-0.2, -0.15) is 5.10 Å². The molecule has 2 aromatic carbocycles. The van der Waals surface area contributed by atoms with Crippen LogP contribution < -0.4 is 5.43 Å². The number of aromatic nitrogens is 2. The van der Waals surface area contributed by atoms with Crippen LogP contribution in [-0.2, 0) is 0 Å². The smallest absolute Gasteiger partial charge is 0.159 e. The second kappa shape index (κ2) is 7.22. The maximum atomic E-state index is 9.83. The summed E-state index contributed by atoms with van der Waals surface area (Å²) >= 11 is 7.50. The number of hydrogen-bond donors (Lipinski definition) is 3. The maximum Gasteiger partial charge on any atom is 0.159 e. The molecule has 0 atom stereocenters. The number of phenolic OH excluding ortho intramolecular Hbond substituents is 2. The highest BCUT2D eigenvalue weighted by atomic mass is 35.5. The summed E-state index contributed by atoms with van der Waals surface area (Å²) in [5, 5.41) is 26.9. The summed E-state index contributed by atoms with van der Waals surface area (Å²) in [5.74, 6) is 0.479. The Hall–Kier alpha value is -3.16. The van der Waals surface area contributed by atoms with Gasteiger partial charge >= 0.3 is 0 Å². The van der Waals surface area contributed by atoms with Crippen LogP contribution >= 0.6 is 22.9 Å². The molecule has 0 amide bonds. The summed E-state index contributed by atoms with van der Waals surface area (Å²) in [7, 11) is 0. The molecule has 134 valence electrons. The summed E-state index contributed by atoms with van der Waals surface area (Å²) in [6.07, 6.45) is 2.93. The fourth-order valence-electron chi connectivity index (χ4n) is 2.61. The van der Waals surface area contributed by atoms with Gasteiger partial charge in [0, 0.05) is 27.6 Å². The van der Waals surface area contributed by atoms with Crippen LogP contribution in [0.3, 0.4) is 0 Å². The monoisotopic (exact) mass is 396 g/mol. The molecule has 0 bridgehead atoms. The van der Waals surface area contributed by atoms with Crippen molar-refractivity contribution < 1.29 is 10.2 Å². The number of halogens is 1. The Labute approximate surface area is 163 Å². The van der Waals surface area contributed by atoms with E-state index < -0.39 is 0 Å². The van der Waals surface area contributed by atoms with Crippen molar-refractivity contribution in [3.05, 3.63) is 64.8 Å². The number of aromatic hydroxyl groups is 2. The highest BCUT2D eigenvalue weighted by Gasteiger charge is 2.12. The highest BCUT2D eigenvalue weighted by Crippen LogP contribution is 2.36. The standard InChI is InChI=1S/C19H13ClN4O2S/c20-13-4-1-11(2-5-13)15-9-27-19-17(15)18(21-10-22-19)24-23-8-12-3-6-14(25)7-16(12)26/h1-10,25-26H,(H,21,22,24)/b23-8+. The number of benzene rings is 2. The van der Waals surface area contributed by atoms with Gasteiger partial charge in [-0.25, -0.2) is 9.97 Å². The molecule has 2 heterocycles. The van der Waals surface area contributed by atoms with Crippen molar-refractivity contribution in [1.82, 2.24) is 9.97 Å². The van der Waals surface area contributed by atoms with Crippen LogP contribution in [0.15, 0.2) is 59.3 Å². The summed E-state index contributed by atoms with van der Waals surface area (Å²) in [5.41, 5.74) is 5.36. The van der Waals surface area contributed by atoms with Gasteiger partial charge in [-0.15, -0.1) is 11.3 Å². The molecule has 8 heteroatoms. The van der Waals surface area contributed by atoms with Crippen LogP contribution in [0.2, 0.25) is 5.02 Å². The number of rotatable bonds is 4. The summed E-state index contributed by atoms with van der Waals surface area (Å²) < 4.78 is 0. The second-order valence-corrected chi connectivity index (χ2v) is 6.97. The summed E-state index contributed by atoms with van der Waals surface area (Å²) in [6.45, 7) is 0. The van der Waals surface area contributed by atoms with E-state index in [1.54, 1.807) is 6.07 Å². The van der Waals surface area contributed by atoms with Gasteiger partial charge in [-0.3, -0.25) is 5.43 Å². The minimum atomic E-state index is -0.0641. The lowest BCUT2D eigenvalue weighted by atomic mass is 10.1. The fourth-order valence-corrected chi connectivity index (χ4v) is 3.65. The first-order valence-electron chi connectivity index (χ1n) is 7.91. The van der Waals surface area contributed by atoms with Crippen LogP contribution in [0.1, 0.15) is 5.56 Å². The van der Waals surface area contributed by atoms with Gasteiger partial charge in [0.15, 0.2) is 5.82 Å². The van der Waals surface area contributed by atoms with Crippen molar-refractivity contribution in [3.8, 4) is 22.6 Å². The van der Waals surface area contributed by atoms with Gasteiger partial charge in [0.2, 0.25) is 0 Å². The quantitative estimate of drug-likeness (QED) is 0.338. The molecule has 3 N–H and O–H groups in total. The molecule has 0 spiro atoms. The lowest BCUT2D eigenvalue weighted by Gasteiger charge is -2.05. The predicted octanol–water partition coefficient (Wildman–Crippen LogP) is 4.87. The van der Waals surface area contributed by atoms with Crippen LogP contribution in [0.4, 0.5) is 5.82 Å². The number of anilines is 1. The van der Waals surface area contributed by atoms with E-state index in [0.29, 0.717) is 16.4 Å². The van der Waals surface area contributed by atoms with E-state index in [1.807, 2.05) is 29.6 Å². The first-order valence-corrected chi connectivity index (χ1v) is 9.17. The molecule has 0 aliphatic carbocycles. The Bertz CT molecular complexity index is 1140. The van der Waals surface area contributed by atoms with E-state index in [2.05, 4.69) is 20.5 Å². The van der Waals surface area contributed by atoms with E-state index >= 15 is 0 Å². The number of thiophene rings is 1. The van der Waals surface area contributed by atoms with Crippen LogP contribution in [-0.4, -0.2) is 26.4 Å². The normalized spacial score (nSPS) is 11.3. The zero-order chi connectivity index (χ0) is 18.8. The van der Waals surface area contributed by atoms with Crippen molar-refractivity contribution in [2.24, 2.45) is 5.10 Å². The average molecular weight is 397 g/mol. The second-order valence-electron chi connectivity index (χ2n) is 5.67. The van der Waals surface area contributed by atoms with Crippen molar-refractivity contribution >= 4 is 45.2 Å². The summed E-state index contributed by atoms with van der Waals surface area (Å²) in [6, 6.07) is 11.8. The number of hydrazone groups is 1. The van der Waals surface area contributed by atoms with Gasteiger partial charge in [-0.05, 0) is 29.8 Å². The minimum Gasteiger partial charge on any atom is -0.508 e. The molecule has 6 nitrogen and oxygen atoms in total. The maximum absolute atomic E-state index is 9.83. The Balaban J connectivity index is 1.68. The molecule has 4 rings (SSSR count). The lowest BCUT2D eigenvalue weighted by Crippen LogP contribution is -1.95. The first-order chi connectivity index (χ1) is 13.1. The number of hydrogen-bond acceptors (Lipinski definition) is 7. The fraction of sp³-hybridized carbons (Fsp3) is 0. The van der Waals surface area contributed by atoms with Gasteiger partial charge < -0.3 is 10.2 Å². The van der Waals surface area contributed by atoms with Gasteiger partial charge in [0.25, 0.3) is 0 Å². The van der Waals surface area contributed by atoms with Gasteiger partial charge in [0.05, 0.1) is 11.6 Å². The van der Waals surface area contributed by atoms with Crippen molar-refractivity contribution in [1.29, 1.82) is 0 Å². The highest BCUT2D eigenvalue weighted by molar-refractivity contribution is 7.17. The molecule has 0 unspecified atom stereocenters. The van der Waals surface area contributed by atoms with E-state index in [9.17, 15) is 10.2 Å². The van der Waals surface area contributed by atoms with Gasteiger partial charge in [0.1, 0.15) is 22.7 Å². The molecule has 0 aliphatic heterocycles.